The third kappa shape index (κ3) is 11.2. The van der Waals surface area contributed by atoms with Crippen molar-refractivity contribution < 1.29 is 4.39 Å². The fourth-order valence-electron chi connectivity index (χ4n) is 2.29. The van der Waals surface area contributed by atoms with Crippen LogP contribution in [0.3, 0.4) is 0 Å². The zero-order chi connectivity index (χ0) is 14.6. The standard InChI is InChI=1S/C17H29FN2.2ClH/c1-2-3-4-5-6-7-13-20-14-12-17(19)15-8-10-16(18)11-9-15;;/h8-11,17,20H,2-7,12-14,19H2,1H3;2*1H. The van der Waals surface area contributed by atoms with E-state index >= 15 is 0 Å². The lowest BCUT2D eigenvalue weighted by atomic mass is 10.0. The van der Waals surface area contributed by atoms with E-state index in [0.29, 0.717) is 0 Å². The van der Waals surface area contributed by atoms with Crippen molar-refractivity contribution in [3.63, 3.8) is 0 Å². The molecule has 1 aromatic carbocycles. The topological polar surface area (TPSA) is 38.0 Å². The number of hydrogen-bond donors (Lipinski definition) is 2. The monoisotopic (exact) mass is 352 g/mol. The third-order valence-electron chi connectivity index (χ3n) is 3.64. The van der Waals surface area contributed by atoms with Gasteiger partial charge in [0.15, 0.2) is 0 Å². The number of hydrogen-bond acceptors (Lipinski definition) is 2. The number of nitrogens with two attached hydrogens (primary N) is 1. The highest BCUT2D eigenvalue weighted by Gasteiger charge is 2.05. The van der Waals surface area contributed by atoms with Crippen LogP contribution >= 0.6 is 24.8 Å². The number of halogens is 3. The Balaban J connectivity index is 0. The van der Waals surface area contributed by atoms with E-state index in [1.165, 1.54) is 50.7 Å². The van der Waals surface area contributed by atoms with Crippen LogP contribution in [0.1, 0.15) is 63.5 Å². The molecule has 0 aliphatic heterocycles. The molecule has 130 valence electrons. The van der Waals surface area contributed by atoms with Crippen molar-refractivity contribution >= 4 is 24.8 Å². The molecule has 5 heteroatoms. The van der Waals surface area contributed by atoms with Crippen molar-refractivity contribution in [1.82, 2.24) is 5.32 Å². The summed E-state index contributed by atoms with van der Waals surface area (Å²) in [5.41, 5.74) is 7.09. The predicted molar refractivity (Wildman–Crippen MR) is 98.7 cm³/mol. The average molecular weight is 353 g/mol. The van der Waals surface area contributed by atoms with Crippen LogP contribution in [-0.2, 0) is 0 Å². The maximum atomic E-state index is 12.8. The minimum atomic E-state index is -0.206. The van der Waals surface area contributed by atoms with E-state index in [1.807, 2.05) is 0 Å². The van der Waals surface area contributed by atoms with Gasteiger partial charge >= 0.3 is 0 Å². The van der Waals surface area contributed by atoms with E-state index in [9.17, 15) is 4.39 Å². The van der Waals surface area contributed by atoms with E-state index < -0.39 is 0 Å². The highest BCUT2D eigenvalue weighted by Crippen LogP contribution is 2.13. The molecule has 2 nitrogen and oxygen atoms in total. The Bertz CT molecular complexity index is 347. The van der Waals surface area contributed by atoms with Crippen LogP contribution in [0, 0.1) is 5.82 Å². The minimum absolute atomic E-state index is 0. The number of nitrogens with one attached hydrogen (secondary N) is 1. The Morgan fingerprint density at radius 2 is 1.55 bits per heavy atom. The normalized spacial score (nSPS) is 11.4. The molecule has 0 heterocycles. The molecule has 0 aromatic heterocycles. The highest BCUT2D eigenvalue weighted by molar-refractivity contribution is 5.85. The summed E-state index contributed by atoms with van der Waals surface area (Å²) in [4.78, 5) is 0. The zero-order valence-corrected chi connectivity index (χ0v) is 15.2. The smallest absolute Gasteiger partial charge is 0.123 e. The molecule has 0 amide bonds. The minimum Gasteiger partial charge on any atom is -0.324 e. The SMILES string of the molecule is CCCCCCCCNCCC(N)c1ccc(F)cc1.Cl.Cl. The van der Waals surface area contributed by atoms with Gasteiger partial charge in [0.05, 0.1) is 0 Å². The van der Waals surface area contributed by atoms with Gasteiger partial charge in [-0.05, 0) is 43.6 Å². The van der Waals surface area contributed by atoms with Gasteiger partial charge in [-0.3, -0.25) is 0 Å². The number of rotatable bonds is 11. The number of benzene rings is 1. The summed E-state index contributed by atoms with van der Waals surface area (Å²) in [5.74, 6) is -0.206. The van der Waals surface area contributed by atoms with Gasteiger partial charge in [0.2, 0.25) is 0 Å². The van der Waals surface area contributed by atoms with Crippen molar-refractivity contribution in [1.29, 1.82) is 0 Å². The van der Waals surface area contributed by atoms with Gasteiger partial charge in [-0.2, -0.15) is 0 Å². The Morgan fingerprint density at radius 3 is 2.18 bits per heavy atom. The van der Waals surface area contributed by atoms with E-state index in [0.717, 1.165) is 25.1 Å². The summed E-state index contributed by atoms with van der Waals surface area (Å²) in [6, 6.07) is 6.48. The lowest BCUT2D eigenvalue weighted by Gasteiger charge is -2.12. The number of unbranched alkanes of at least 4 members (excludes halogenated alkanes) is 5. The first kappa shape index (κ1) is 23.9. The molecule has 0 aliphatic rings. The fraction of sp³-hybridized carbons (Fsp3) is 0.647. The fourth-order valence-corrected chi connectivity index (χ4v) is 2.29. The molecule has 0 saturated heterocycles. The van der Waals surface area contributed by atoms with Gasteiger partial charge in [0.25, 0.3) is 0 Å². The van der Waals surface area contributed by atoms with Gasteiger partial charge in [-0.1, -0.05) is 51.2 Å². The van der Waals surface area contributed by atoms with E-state index in [2.05, 4.69) is 12.2 Å². The first-order chi connectivity index (χ1) is 9.74. The lowest BCUT2D eigenvalue weighted by Crippen LogP contribution is -2.22. The molecular formula is C17H31Cl2FN2. The van der Waals surface area contributed by atoms with Crippen molar-refractivity contribution in [2.45, 2.75) is 57.9 Å². The zero-order valence-electron chi connectivity index (χ0n) is 13.5. The van der Waals surface area contributed by atoms with Crippen molar-refractivity contribution in [2.75, 3.05) is 13.1 Å². The van der Waals surface area contributed by atoms with Gasteiger partial charge in [-0.15, -0.1) is 24.8 Å². The van der Waals surface area contributed by atoms with Gasteiger partial charge in [0, 0.05) is 6.04 Å². The second-order valence-corrected chi connectivity index (χ2v) is 5.46. The molecule has 3 N–H and O–H groups in total. The summed E-state index contributed by atoms with van der Waals surface area (Å²) in [6.45, 7) is 4.24. The van der Waals surface area contributed by atoms with Gasteiger partial charge in [0.1, 0.15) is 5.82 Å². The van der Waals surface area contributed by atoms with E-state index in [-0.39, 0.29) is 36.7 Å². The third-order valence-corrected chi connectivity index (χ3v) is 3.64. The van der Waals surface area contributed by atoms with Gasteiger partial charge in [-0.25, -0.2) is 4.39 Å². The molecule has 1 rings (SSSR count). The van der Waals surface area contributed by atoms with Crippen LogP contribution in [0.15, 0.2) is 24.3 Å². The van der Waals surface area contributed by atoms with Crippen molar-refractivity contribution in [3.05, 3.63) is 35.6 Å². The Hall–Kier alpha value is -0.350. The van der Waals surface area contributed by atoms with Crippen LogP contribution in [0.2, 0.25) is 0 Å². The Morgan fingerprint density at radius 1 is 0.955 bits per heavy atom. The molecule has 1 atom stereocenters. The molecule has 22 heavy (non-hydrogen) atoms. The maximum Gasteiger partial charge on any atom is 0.123 e. The Kier molecular flexibility index (Phi) is 16.9. The summed E-state index contributed by atoms with van der Waals surface area (Å²) in [6.07, 6.45) is 8.84. The van der Waals surface area contributed by atoms with Crippen LogP contribution < -0.4 is 11.1 Å². The molecule has 1 aromatic rings. The Labute approximate surface area is 147 Å². The molecule has 0 spiro atoms. The van der Waals surface area contributed by atoms with E-state index in [1.54, 1.807) is 12.1 Å². The molecular weight excluding hydrogens is 322 g/mol. The quantitative estimate of drug-likeness (QED) is 0.549. The second kappa shape index (κ2) is 15.5. The second-order valence-electron chi connectivity index (χ2n) is 5.46. The molecule has 0 bridgehead atoms. The van der Waals surface area contributed by atoms with Crippen LogP contribution in [0.5, 0.6) is 0 Å². The molecule has 0 radical (unpaired) electrons. The lowest BCUT2D eigenvalue weighted by molar-refractivity contribution is 0.542. The summed E-state index contributed by atoms with van der Waals surface area (Å²) in [7, 11) is 0. The van der Waals surface area contributed by atoms with Crippen molar-refractivity contribution in [2.24, 2.45) is 5.73 Å². The van der Waals surface area contributed by atoms with Crippen molar-refractivity contribution in [3.8, 4) is 0 Å². The molecule has 1 unspecified atom stereocenters. The van der Waals surface area contributed by atoms with Crippen LogP contribution in [-0.4, -0.2) is 13.1 Å². The first-order valence-electron chi connectivity index (χ1n) is 7.95. The van der Waals surface area contributed by atoms with Crippen LogP contribution in [0.4, 0.5) is 4.39 Å². The summed E-state index contributed by atoms with van der Waals surface area (Å²) in [5, 5.41) is 3.43. The highest BCUT2D eigenvalue weighted by atomic mass is 35.5. The average Bonchev–Trinajstić information content (AvgIpc) is 2.46. The predicted octanol–water partition coefficient (Wildman–Crippen LogP) is 5.01. The molecule has 0 aliphatic carbocycles. The molecule has 0 fully saturated rings. The van der Waals surface area contributed by atoms with Gasteiger partial charge < -0.3 is 11.1 Å². The largest absolute Gasteiger partial charge is 0.324 e. The summed E-state index contributed by atoms with van der Waals surface area (Å²) >= 11 is 0. The first-order valence-corrected chi connectivity index (χ1v) is 7.95. The molecule has 0 saturated carbocycles. The van der Waals surface area contributed by atoms with E-state index in [4.69, 9.17) is 5.73 Å². The maximum absolute atomic E-state index is 12.8. The summed E-state index contributed by atoms with van der Waals surface area (Å²) < 4.78 is 12.8. The van der Waals surface area contributed by atoms with Crippen LogP contribution in [0.25, 0.3) is 0 Å².